The van der Waals surface area contributed by atoms with Crippen LogP contribution < -0.4 is 4.74 Å². The van der Waals surface area contributed by atoms with Crippen molar-refractivity contribution in [1.82, 2.24) is 20.2 Å². The Balaban J connectivity index is 2.10. The number of ether oxygens (including phenoxy) is 1. The van der Waals surface area contributed by atoms with Gasteiger partial charge in [0.2, 0.25) is 0 Å². The molecule has 1 N–H and O–H groups in total. The molecule has 0 radical (unpaired) electrons. The highest BCUT2D eigenvalue weighted by molar-refractivity contribution is 7.12. The van der Waals surface area contributed by atoms with Gasteiger partial charge in [-0.25, -0.2) is 4.98 Å². The summed E-state index contributed by atoms with van der Waals surface area (Å²) in [5.41, 5.74) is 3.51. The Morgan fingerprint density at radius 3 is 3.05 bits per heavy atom. The van der Waals surface area contributed by atoms with Gasteiger partial charge in [-0.05, 0) is 17.9 Å². The van der Waals surface area contributed by atoms with Crippen molar-refractivity contribution in [2.75, 3.05) is 6.61 Å². The smallest absolute Gasteiger partial charge is 0.186 e. The van der Waals surface area contributed by atoms with Gasteiger partial charge in [-0.1, -0.05) is 0 Å². The van der Waals surface area contributed by atoms with Crippen molar-refractivity contribution >= 4 is 22.4 Å². The van der Waals surface area contributed by atoms with Crippen LogP contribution in [0.5, 0.6) is 5.06 Å². The lowest BCUT2D eigenvalue weighted by Crippen LogP contribution is -1.93. The molecule has 6 nitrogen and oxygen atoms in total. The van der Waals surface area contributed by atoms with Gasteiger partial charge in [-0.3, -0.25) is 0 Å². The average Bonchev–Trinajstić information content (AvgIpc) is 2.99. The SMILES string of the molecule is Cc1csc(OCC#N)c1-c1nc2cnncc2[nH]1. The molecule has 19 heavy (non-hydrogen) atoms. The Bertz CT molecular complexity index is 737. The van der Waals surface area contributed by atoms with E-state index in [1.165, 1.54) is 11.3 Å². The summed E-state index contributed by atoms with van der Waals surface area (Å²) in [5.74, 6) is 0.705. The number of rotatable bonds is 3. The Hall–Kier alpha value is -2.46. The van der Waals surface area contributed by atoms with Crippen LogP contribution in [-0.2, 0) is 0 Å². The van der Waals surface area contributed by atoms with Gasteiger partial charge in [0.15, 0.2) is 11.7 Å². The fourth-order valence-corrected chi connectivity index (χ4v) is 2.71. The third-order valence-corrected chi connectivity index (χ3v) is 3.65. The standard InChI is InChI=1S/C12H9N5OS/c1-7-6-19-12(18-3-2-13)10(7)11-16-8-4-14-15-5-9(8)17-11/h4-6H,3H2,1H3,(H,16,17). The van der Waals surface area contributed by atoms with E-state index in [0.29, 0.717) is 10.9 Å². The molecule has 7 heteroatoms. The van der Waals surface area contributed by atoms with Gasteiger partial charge in [-0.15, -0.1) is 11.3 Å². The van der Waals surface area contributed by atoms with E-state index in [1.807, 2.05) is 18.4 Å². The monoisotopic (exact) mass is 271 g/mol. The van der Waals surface area contributed by atoms with Crippen LogP contribution in [0.2, 0.25) is 0 Å². The summed E-state index contributed by atoms with van der Waals surface area (Å²) in [5, 5.41) is 18.9. The number of nitrogens with zero attached hydrogens (tertiary/aromatic N) is 4. The number of aryl methyl sites for hydroxylation is 1. The number of aromatic nitrogens is 4. The molecule has 0 unspecified atom stereocenters. The minimum absolute atomic E-state index is 0.0241. The molecule has 0 amide bonds. The Morgan fingerprint density at radius 2 is 2.26 bits per heavy atom. The molecular weight excluding hydrogens is 262 g/mol. The molecule has 3 aromatic heterocycles. The van der Waals surface area contributed by atoms with Crippen LogP contribution in [0, 0.1) is 18.3 Å². The van der Waals surface area contributed by atoms with Crippen LogP contribution in [0.25, 0.3) is 22.4 Å². The predicted molar refractivity (Wildman–Crippen MR) is 70.8 cm³/mol. The minimum atomic E-state index is 0.0241. The second-order valence-corrected chi connectivity index (χ2v) is 4.74. The van der Waals surface area contributed by atoms with Gasteiger partial charge in [-0.2, -0.15) is 15.5 Å². The molecule has 3 heterocycles. The number of hydrogen-bond donors (Lipinski definition) is 1. The van der Waals surface area contributed by atoms with Gasteiger partial charge in [0.25, 0.3) is 0 Å². The second-order valence-electron chi connectivity index (χ2n) is 3.90. The highest BCUT2D eigenvalue weighted by Crippen LogP contribution is 2.38. The van der Waals surface area contributed by atoms with Gasteiger partial charge in [0.1, 0.15) is 17.4 Å². The van der Waals surface area contributed by atoms with Crippen molar-refractivity contribution in [3.8, 4) is 22.5 Å². The number of imidazole rings is 1. The number of aromatic amines is 1. The highest BCUT2D eigenvalue weighted by Gasteiger charge is 2.16. The fourth-order valence-electron chi connectivity index (χ4n) is 1.80. The molecule has 3 rings (SSSR count). The van der Waals surface area contributed by atoms with Crippen LogP contribution in [0.3, 0.4) is 0 Å². The molecule has 0 fully saturated rings. The number of hydrogen-bond acceptors (Lipinski definition) is 6. The number of H-pyrrole nitrogens is 1. The molecule has 0 bridgehead atoms. The first-order valence-corrected chi connectivity index (χ1v) is 6.42. The first kappa shape index (κ1) is 11.6. The van der Waals surface area contributed by atoms with Crippen molar-refractivity contribution in [1.29, 1.82) is 5.26 Å². The molecule has 0 spiro atoms. The summed E-state index contributed by atoms with van der Waals surface area (Å²) in [6, 6.07) is 1.96. The molecule has 0 saturated carbocycles. The summed E-state index contributed by atoms with van der Waals surface area (Å²) in [6.07, 6.45) is 3.23. The molecule has 3 aromatic rings. The lowest BCUT2D eigenvalue weighted by atomic mass is 10.2. The maximum atomic E-state index is 8.60. The average molecular weight is 271 g/mol. The van der Waals surface area contributed by atoms with Gasteiger partial charge < -0.3 is 9.72 Å². The maximum Gasteiger partial charge on any atom is 0.186 e. The summed E-state index contributed by atoms with van der Waals surface area (Å²) in [4.78, 5) is 7.66. The van der Waals surface area contributed by atoms with Crippen LogP contribution >= 0.6 is 11.3 Å². The lowest BCUT2D eigenvalue weighted by molar-refractivity contribution is 0.380. The first-order chi connectivity index (χ1) is 9.29. The second kappa shape index (κ2) is 4.66. The van der Waals surface area contributed by atoms with Crippen LogP contribution in [0.15, 0.2) is 17.8 Å². The van der Waals surface area contributed by atoms with Crippen molar-refractivity contribution in [2.45, 2.75) is 6.92 Å². The highest BCUT2D eigenvalue weighted by atomic mass is 32.1. The van der Waals surface area contributed by atoms with E-state index < -0.39 is 0 Å². The predicted octanol–water partition coefficient (Wildman–Crippen LogP) is 2.29. The number of thiophene rings is 1. The zero-order chi connectivity index (χ0) is 13.2. The van der Waals surface area contributed by atoms with Crippen LogP contribution in [-0.4, -0.2) is 26.8 Å². The Kier molecular flexibility index (Phi) is 2.85. The van der Waals surface area contributed by atoms with E-state index in [9.17, 15) is 0 Å². The van der Waals surface area contributed by atoms with Crippen molar-refractivity contribution in [3.63, 3.8) is 0 Å². The molecule has 0 saturated heterocycles. The van der Waals surface area contributed by atoms with Crippen molar-refractivity contribution in [3.05, 3.63) is 23.3 Å². The van der Waals surface area contributed by atoms with E-state index in [4.69, 9.17) is 10.00 Å². The quantitative estimate of drug-likeness (QED) is 0.789. The Morgan fingerprint density at radius 1 is 1.42 bits per heavy atom. The van der Waals surface area contributed by atoms with Crippen LogP contribution in [0.4, 0.5) is 0 Å². The summed E-state index contributed by atoms with van der Waals surface area (Å²) in [7, 11) is 0. The third kappa shape index (κ3) is 2.02. The van der Waals surface area contributed by atoms with E-state index in [0.717, 1.165) is 22.2 Å². The molecular formula is C12H9N5OS. The molecule has 0 aromatic carbocycles. The Labute approximate surface area is 112 Å². The molecule has 94 valence electrons. The number of fused-ring (bicyclic) bond motifs is 1. The van der Waals surface area contributed by atoms with Gasteiger partial charge in [0.05, 0.1) is 23.5 Å². The molecule has 0 aliphatic heterocycles. The summed E-state index contributed by atoms with van der Waals surface area (Å²) >= 11 is 1.46. The van der Waals surface area contributed by atoms with E-state index in [2.05, 4.69) is 20.2 Å². The maximum absolute atomic E-state index is 8.60. The van der Waals surface area contributed by atoms with Crippen LogP contribution in [0.1, 0.15) is 5.56 Å². The molecule has 0 atom stereocenters. The van der Waals surface area contributed by atoms with Gasteiger partial charge >= 0.3 is 0 Å². The largest absolute Gasteiger partial charge is 0.468 e. The fraction of sp³-hybridized carbons (Fsp3) is 0.167. The zero-order valence-corrected chi connectivity index (χ0v) is 10.9. The van der Waals surface area contributed by atoms with Crippen molar-refractivity contribution in [2.24, 2.45) is 0 Å². The third-order valence-electron chi connectivity index (χ3n) is 2.64. The normalized spacial score (nSPS) is 10.5. The molecule has 0 aliphatic carbocycles. The topological polar surface area (TPSA) is 87.5 Å². The minimum Gasteiger partial charge on any atom is -0.468 e. The first-order valence-electron chi connectivity index (χ1n) is 5.54. The van der Waals surface area contributed by atoms with E-state index in [-0.39, 0.29) is 6.61 Å². The van der Waals surface area contributed by atoms with E-state index >= 15 is 0 Å². The summed E-state index contributed by atoms with van der Waals surface area (Å²) < 4.78 is 5.42. The summed E-state index contributed by atoms with van der Waals surface area (Å²) in [6.45, 7) is 2.01. The number of nitriles is 1. The number of nitrogens with one attached hydrogen (secondary N) is 1. The van der Waals surface area contributed by atoms with E-state index in [1.54, 1.807) is 12.4 Å². The van der Waals surface area contributed by atoms with Gasteiger partial charge in [0, 0.05) is 0 Å². The molecule has 0 aliphatic rings. The lowest BCUT2D eigenvalue weighted by Gasteiger charge is -2.01. The van der Waals surface area contributed by atoms with Crippen molar-refractivity contribution < 1.29 is 4.74 Å². The zero-order valence-electron chi connectivity index (χ0n) is 10.0.